The van der Waals surface area contributed by atoms with Crippen molar-refractivity contribution in [3.8, 4) is 23.0 Å². The lowest BCUT2D eigenvalue weighted by atomic mass is 9.37. The molecule has 298 valence electrons. The third-order valence-corrected chi connectivity index (χ3v) is 12.4. The van der Waals surface area contributed by atoms with Crippen molar-refractivity contribution < 1.29 is 27.8 Å². The Morgan fingerprint density at radius 3 is 1.25 bits per heavy atom. The fourth-order valence-corrected chi connectivity index (χ4v) is 9.22. The molecule has 11 rings (SSSR count). The summed E-state index contributed by atoms with van der Waals surface area (Å²) >= 11 is 0. The molecule has 9 heteroatoms. The lowest BCUT2D eigenvalue weighted by molar-refractivity contribution is 0.171. The Kier molecular flexibility index (Phi) is 7.53. The van der Waals surface area contributed by atoms with Gasteiger partial charge < -0.3 is 37.6 Å². The number of anilines is 6. The van der Waals surface area contributed by atoms with Crippen LogP contribution in [0.1, 0.15) is 79.0 Å². The van der Waals surface area contributed by atoms with Crippen molar-refractivity contribution in [2.75, 3.05) is 36.2 Å². The summed E-state index contributed by atoms with van der Waals surface area (Å²) in [4.78, 5) is 4.79. The van der Waals surface area contributed by atoms with E-state index in [1.807, 2.05) is 12.1 Å². The summed E-state index contributed by atoms with van der Waals surface area (Å²) in [6, 6.07) is 30.7. The molecule has 0 spiro atoms. The van der Waals surface area contributed by atoms with Gasteiger partial charge in [0.2, 0.25) is 0 Å². The van der Waals surface area contributed by atoms with E-state index in [-0.39, 0.29) is 23.0 Å². The second-order valence-electron chi connectivity index (χ2n) is 19.5. The quantitative estimate of drug-likeness (QED) is 0.161. The minimum Gasteiger partial charge on any atom is -0.486 e. The molecule has 0 atom stereocenters. The van der Waals surface area contributed by atoms with E-state index in [1.54, 1.807) is 0 Å². The van der Waals surface area contributed by atoms with Gasteiger partial charge in [0, 0.05) is 34.3 Å². The van der Waals surface area contributed by atoms with Gasteiger partial charge in [-0.05, 0) is 99.1 Å². The second kappa shape index (κ2) is 12.3. The molecule has 0 unspecified atom stereocenters. The number of nitrogens with zero attached hydrogens (tertiary/aromatic N) is 2. The van der Waals surface area contributed by atoms with Crippen LogP contribution in [0.25, 0.3) is 21.9 Å². The van der Waals surface area contributed by atoms with E-state index >= 15 is 0 Å². The van der Waals surface area contributed by atoms with Gasteiger partial charge in [0.1, 0.15) is 48.9 Å². The molecule has 59 heavy (non-hydrogen) atoms. The normalized spacial score (nSPS) is 15.7. The monoisotopic (exact) mass is 784 g/mol. The Balaban J connectivity index is 1.28. The van der Waals surface area contributed by atoms with Crippen LogP contribution in [0.3, 0.4) is 0 Å². The minimum absolute atomic E-state index is 0.0784. The van der Waals surface area contributed by atoms with E-state index in [9.17, 15) is 0 Å². The minimum atomic E-state index is -0.350. The standard InChI is InChI=1S/C50H49BN2O6/c1-48(2,3)28-10-14-37-33(22-28)44-46(58-37)51-43-35(52(44)31-12-16-39-41(26-31)56-20-18-54-39)24-30(50(7,8)9)25-36(43)53(32-13-17-40-42(27-32)57-21-19-55-40)45-34-23-29(49(4,5)6)11-15-38(34)59-47(45)51/h10-17,22-27H,18-21H2,1-9H3. The van der Waals surface area contributed by atoms with E-state index in [4.69, 9.17) is 27.8 Å². The van der Waals surface area contributed by atoms with Gasteiger partial charge >= 0.3 is 6.71 Å². The smallest absolute Gasteiger partial charge is 0.342 e. The maximum atomic E-state index is 7.20. The second-order valence-corrected chi connectivity index (χ2v) is 19.5. The lowest BCUT2D eigenvalue weighted by Crippen LogP contribution is -2.60. The molecule has 0 radical (unpaired) electrons. The molecule has 4 aliphatic heterocycles. The van der Waals surface area contributed by atoms with E-state index in [0.29, 0.717) is 26.4 Å². The first-order valence-electron chi connectivity index (χ1n) is 20.9. The molecule has 0 saturated carbocycles. The molecule has 8 nitrogen and oxygen atoms in total. The van der Waals surface area contributed by atoms with E-state index in [2.05, 4.69) is 145 Å². The van der Waals surface area contributed by atoms with Crippen LogP contribution in [0.2, 0.25) is 0 Å². The molecule has 4 aliphatic rings. The molecule has 0 aliphatic carbocycles. The fraction of sp³-hybridized carbons (Fsp3) is 0.320. The molecule has 0 saturated heterocycles. The third kappa shape index (κ3) is 5.49. The molecule has 6 heterocycles. The van der Waals surface area contributed by atoms with E-state index in [0.717, 1.165) is 95.8 Å². The SMILES string of the molecule is CC(C)(C)c1cc2c3c(c1)N(c1ccc4c(c1)OCCO4)c1c(oc4ccc(C(C)(C)C)cc14)B3c1oc3ccc(C(C)(C)C)cc3c1N2c1ccc2c(c1)OCCO2. The molecule has 5 aromatic carbocycles. The zero-order valence-electron chi connectivity index (χ0n) is 35.3. The highest BCUT2D eigenvalue weighted by Crippen LogP contribution is 2.52. The van der Waals surface area contributed by atoms with Gasteiger partial charge in [0.25, 0.3) is 0 Å². The lowest BCUT2D eigenvalue weighted by Gasteiger charge is -2.42. The van der Waals surface area contributed by atoms with Crippen LogP contribution in [0.5, 0.6) is 23.0 Å². The van der Waals surface area contributed by atoms with Gasteiger partial charge in [-0.15, -0.1) is 0 Å². The van der Waals surface area contributed by atoms with Crippen molar-refractivity contribution in [3.05, 3.63) is 102 Å². The van der Waals surface area contributed by atoms with Gasteiger partial charge in [0.15, 0.2) is 23.0 Å². The molecule has 0 bridgehead atoms. The Labute approximate surface area is 345 Å². The number of fused-ring (bicyclic) bond motifs is 10. The highest BCUT2D eigenvalue weighted by molar-refractivity contribution is 6.99. The summed E-state index contributed by atoms with van der Waals surface area (Å²) in [6.07, 6.45) is 0. The number of hydrogen-bond donors (Lipinski definition) is 0. The summed E-state index contributed by atoms with van der Waals surface area (Å²) < 4.78 is 38.9. The zero-order chi connectivity index (χ0) is 40.7. The summed E-state index contributed by atoms with van der Waals surface area (Å²) in [5, 5.41) is 2.11. The number of benzene rings is 5. The topological polar surface area (TPSA) is 69.7 Å². The highest BCUT2D eigenvalue weighted by atomic mass is 16.6. The van der Waals surface area contributed by atoms with Gasteiger partial charge in [-0.25, -0.2) is 0 Å². The van der Waals surface area contributed by atoms with Crippen LogP contribution in [0.4, 0.5) is 34.1 Å². The van der Waals surface area contributed by atoms with Gasteiger partial charge in [-0.1, -0.05) is 74.4 Å². The first-order valence-corrected chi connectivity index (χ1v) is 20.9. The van der Waals surface area contributed by atoms with Crippen LogP contribution >= 0.6 is 0 Å². The molecule has 7 aromatic rings. The Morgan fingerprint density at radius 2 is 0.847 bits per heavy atom. The largest absolute Gasteiger partial charge is 0.486 e. The Bertz CT molecular complexity index is 2700. The average Bonchev–Trinajstić information content (AvgIpc) is 3.77. The summed E-state index contributed by atoms with van der Waals surface area (Å²) in [7, 11) is 0. The van der Waals surface area contributed by atoms with E-state index in [1.165, 1.54) is 16.7 Å². The maximum absolute atomic E-state index is 7.20. The predicted octanol–water partition coefficient (Wildman–Crippen LogP) is 10.7. The van der Waals surface area contributed by atoms with Crippen LogP contribution in [-0.4, -0.2) is 33.1 Å². The van der Waals surface area contributed by atoms with Crippen LogP contribution in [-0.2, 0) is 16.2 Å². The maximum Gasteiger partial charge on any atom is 0.342 e. The Hall–Kier alpha value is -5.96. The summed E-state index contributed by atoms with van der Waals surface area (Å²) in [5.74, 6) is 2.96. The number of ether oxygens (including phenoxy) is 4. The first-order chi connectivity index (χ1) is 28.1. The van der Waals surface area contributed by atoms with Gasteiger partial charge in [-0.2, -0.15) is 0 Å². The average molecular weight is 785 g/mol. The molecule has 0 N–H and O–H groups in total. The van der Waals surface area contributed by atoms with Crippen molar-refractivity contribution in [1.82, 2.24) is 0 Å². The van der Waals surface area contributed by atoms with Crippen LogP contribution in [0.15, 0.2) is 93.8 Å². The van der Waals surface area contributed by atoms with Gasteiger partial charge in [0.05, 0.1) is 22.7 Å². The fourth-order valence-electron chi connectivity index (χ4n) is 9.22. The van der Waals surface area contributed by atoms with Crippen molar-refractivity contribution in [1.29, 1.82) is 0 Å². The highest BCUT2D eigenvalue weighted by Gasteiger charge is 2.50. The van der Waals surface area contributed by atoms with Crippen LogP contribution < -0.4 is 45.5 Å². The third-order valence-electron chi connectivity index (χ3n) is 12.4. The summed E-state index contributed by atoms with van der Waals surface area (Å²) in [5.41, 5.74) is 13.8. The number of hydrogen-bond acceptors (Lipinski definition) is 8. The first kappa shape index (κ1) is 36.1. The van der Waals surface area contributed by atoms with Crippen molar-refractivity contribution in [3.63, 3.8) is 0 Å². The molecule has 0 fully saturated rings. The summed E-state index contributed by atoms with van der Waals surface area (Å²) in [6.45, 7) is 22.1. The molecule has 2 aromatic heterocycles. The molecular formula is C50H49BN2O6. The zero-order valence-corrected chi connectivity index (χ0v) is 35.3. The van der Waals surface area contributed by atoms with Crippen molar-refractivity contribution in [2.45, 2.75) is 78.6 Å². The molecular weight excluding hydrogens is 735 g/mol. The Morgan fingerprint density at radius 1 is 0.441 bits per heavy atom. The molecule has 0 amide bonds. The van der Waals surface area contributed by atoms with Gasteiger partial charge in [-0.3, -0.25) is 0 Å². The number of furan rings is 2. The van der Waals surface area contributed by atoms with Crippen LogP contribution in [0, 0.1) is 0 Å². The number of rotatable bonds is 2. The van der Waals surface area contributed by atoms with Crippen molar-refractivity contribution >= 4 is 79.6 Å². The van der Waals surface area contributed by atoms with Crippen molar-refractivity contribution in [2.24, 2.45) is 0 Å². The van der Waals surface area contributed by atoms with E-state index < -0.39 is 0 Å². The predicted molar refractivity (Wildman–Crippen MR) is 238 cm³/mol.